The number of sulfone groups is 1. The van der Waals surface area contributed by atoms with Crippen LogP contribution in [0.25, 0.3) is 0 Å². The van der Waals surface area contributed by atoms with Crippen LogP contribution in [0.5, 0.6) is 0 Å². The summed E-state index contributed by atoms with van der Waals surface area (Å²) >= 11 is 0. The van der Waals surface area contributed by atoms with Gasteiger partial charge in [-0.3, -0.25) is 0 Å². The Morgan fingerprint density at radius 3 is 2.58 bits per heavy atom. The molecule has 1 rings (SSSR count). The molecule has 64 valence electrons. The molecule has 0 bridgehead atoms. The van der Waals surface area contributed by atoms with Crippen molar-refractivity contribution < 1.29 is 8.42 Å². The van der Waals surface area contributed by atoms with Gasteiger partial charge in [-0.1, -0.05) is 18.7 Å². The quantitative estimate of drug-likeness (QED) is 0.700. The Kier molecular flexibility index (Phi) is 2.33. The van der Waals surface area contributed by atoms with Gasteiger partial charge in [0.2, 0.25) is 0 Å². The largest absolute Gasteiger partial charge is 0.219 e. The van der Waals surface area contributed by atoms with E-state index >= 15 is 0 Å². The molecule has 1 aromatic rings. The summed E-state index contributed by atoms with van der Waals surface area (Å²) in [6.07, 6.45) is 0. The minimum atomic E-state index is -3.26. The van der Waals surface area contributed by atoms with Crippen molar-refractivity contribution in [2.45, 2.75) is 11.8 Å². The average molecular weight is 182 g/mol. The molecule has 0 aliphatic carbocycles. The van der Waals surface area contributed by atoms with E-state index < -0.39 is 9.84 Å². The lowest BCUT2D eigenvalue weighted by Crippen LogP contribution is -1.95. The van der Waals surface area contributed by atoms with E-state index in [1.807, 2.05) is 13.0 Å². The zero-order chi connectivity index (χ0) is 9.19. The molecule has 0 saturated carbocycles. The third kappa shape index (κ3) is 1.74. The van der Waals surface area contributed by atoms with Crippen LogP contribution in [-0.2, 0) is 9.84 Å². The maximum absolute atomic E-state index is 11.2. The molecule has 2 nitrogen and oxygen atoms in total. The zero-order valence-corrected chi connectivity index (χ0v) is 7.64. The van der Waals surface area contributed by atoms with Gasteiger partial charge in [-0.15, -0.1) is 0 Å². The van der Waals surface area contributed by atoms with Crippen LogP contribution in [0.15, 0.2) is 41.1 Å². The Morgan fingerprint density at radius 1 is 1.42 bits per heavy atom. The number of rotatable bonds is 2. The SMILES string of the molecule is C=CS(=O)(=O)c1cccc(C)c1. The highest BCUT2D eigenvalue weighted by Gasteiger charge is 2.07. The van der Waals surface area contributed by atoms with Crippen molar-refractivity contribution in [1.82, 2.24) is 0 Å². The zero-order valence-electron chi connectivity index (χ0n) is 6.82. The van der Waals surface area contributed by atoms with Gasteiger partial charge in [0.1, 0.15) is 0 Å². The van der Waals surface area contributed by atoms with Gasteiger partial charge in [-0.25, -0.2) is 8.42 Å². The molecule has 12 heavy (non-hydrogen) atoms. The van der Waals surface area contributed by atoms with Crippen molar-refractivity contribution in [2.24, 2.45) is 0 Å². The Bertz CT molecular complexity index is 391. The fourth-order valence-corrected chi connectivity index (χ4v) is 1.70. The van der Waals surface area contributed by atoms with Gasteiger partial charge in [-0.05, 0) is 24.6 Å². The van der Waals surface area contributed by atoms with Gasteiger partial charge < -0.3 is 0 Å². The molecular formula is C9H10O2S. The minimum absolute atomic E-state index is 0.303. The number of hydrogen-bond acceptors (Lipinski definition) is 2. The molecule has 0 aliphatic heterocycles. The number of hydrogen-bond donors (Lipinski definition) is 0. The molecular weight excluding hydrogens is 172 g/mol. The number of aryl methyl sites for hydroxylation is 1. The first-order valence-electron chi connectivity index (χ1n) is 3.50. The van der Waals surface area contributed by atoms with Crippen LogP contribution in [-0.4, -0.2) is 8.42 Å². The van der Waals surface area contributed by atoms with Crippen LogP contribution >= 0.6 is 0 Å². The molecule has 0 fully saturated rings. The molecule has 0 atom stereocenters. The van der Waals surface area contributed by atoms with Gasteiger partial charge >= 0.3 is 0 Å². The first-order valence-corrected chi connectivity index (χ1v) is 5.05. The lowest BCUT2D eigenvalue weighted by molar-refractivity contribution is 0.604. The fourth-order valence-electron chi connectivity index (χ4n) is 0.889. The summed E-state index contributed by atoms with van der Waals surface area (Å²) < 4.78 is 22.5. The van der Waals surface area contributed by atoms with E-state index in [0.29, 0.717) is 4.90 Å². The summed E-state index contributed by atoms with van der Waals surface area (Å²) in [6, 6.07) is 6.74. The summed E-state index contributed by atoms with van der Waals surface area (Å²) in [4.78, 5) is 0.303. The van der Waals surface area contributed by atoms with Gasteiger partial charge in [-0.2, -0.15) is 0 Å². The molecule has 0 spiro atoms. The third-order valence-corrected chi connectivity index (χ3v) is 2.89. The molecule has 0 aromatic heterocycles. The summed E-state index contributed by atoms with van der Waals surface area (Å²) in [6.45, 7) is 5.10. The second-order valence-electron chi connectivity index (χ2n) is 2.53. The number of benzene rings is 1. The van der Waals surface area contributed by atoms with Crippen molar-refractivity contribution in [2.75, 3.05) is 0 Å². The van der Waals surface area contributed by atoms with Crippen molar-refractivity contribution in [3.63, 3.8) is 0 Å². The monoisotopic (exact) mass is 182 g/mol. The third-order valence-electron chi connectivity index (χ3n) is 1.54. The Balaban J connectivity index is 3.30. The second-order valence-corrected chi connectivity index (χ2v) is 4.42. The molecule has 0 saturated heterocycles. The van der Waals surface area contributed by atoms with Crippen LogP contribution in [0.4, 0.5) is 0 Å². The molecule has 0 radical (unpaired) electrons. The molecule has 0 aliphatic rings. The summed E-state index contributed by atoms with van der Waals surface area (Å²) in [7, 11) is -3.26. The van der Waals surface area contributed by atoms with Crippen molar-refractivity contribution in [1.29, 1.82) is 0 Å². The molecule has 0 amide bonds. The lowest BCUT2D eigenvalue weighted by atomic mass is 10.2. The van der Waals surface area contributed by atoms with Gasteiger partial charge in [0.05, 0.1) is 4.90 Å². The van der Waals surface area contributed by atoms with Crippen molar-refractivity contribution >= 4 is 9.84 Å². The summed E-state index contributed by atoms with van der Waals surface area (Å²) in [5.74, 6) is 0. The van der Waals surface area contributed by atoms with E-state index in [0.717, 1.165) is 11.0 Å². The smallest absolute Gasteiger partial charge is 0.199 e. The van der Waals surface area contributed by atoms with Gasteiger partial charge in [0.25, 0.3) is 0 Å². The first kappa shape index (κ1) is 9.00. The van der Waals surface area contributed by atoms with Crippen LogP contribution in [0.1, 0.15) is 5.56 Å². The maximum Gasteiger partial charge on any atom is 0.199 e. The van der Waals surface area contributed by atoms with Gasteiger partial charge in [0, 0.05) is 5.41 Å². The fraction of sp³-hybridized carbons (Fsp3) is 0.111. The Morgan fingerprint density at radius 2 is 2.08 bits per heavy atom. The highest BCUT2D eigenvalue weighted by Crippen LogP contribution is 2.12. The van der Waals surface area contributed by atoms with Crippen LogP contribution < -0.4 is 0 Å². The normalized spacial score (nSPS) is 11.1. The Hall–Kier alpha value is -1.09. The highest BCUT2D eigenvalue weighted by atomic mass is 32.2. The topological polar surface area (TPSA) is 34.1 Å². The molecule has 0 heterocycles. The second kappa shape index (κ2) is 3.11. The standard InChI is InChI=1S/C9H10O2S/c1-3-12(10,11)9-6-4-5-8(2)7-9/h3-7H,1H2,2H3. The minimum Gasteiger partial charge on any atom is -0.219 e. The van der Waals surface area contributed by atoms with E-state index in [1.165, 1.54) is 0 Å². The molecule has 0 N–H and O–H groups in total. The van der Waals surface area contributed by atoms with E-state index in [4.69, 9.17) is 0 Å². The Labute approximate surface area is 72.5 Å². The summed E-state index contributed by atoms with van der Waals surface area (Å²) in [5.41, 5.74) is 0.929. The van der Waals surface area contributed by atoms with Crippen LogP contribution in [0.3, 0.4) is 0 Å². The summed E-state index contributed by atoms with van der Waals surface area (Å²) in [5, 5.41) is 0.960. The predicted molar refractivity (Wildman–Crippen MR) is 48.6 cm³/mol. The molecule has 3 heteroatoms. The van der Waals surface area contributed by atoms with E-state index in [-0.39, 0.29) is 0 Å². The van der Waals surface area contributed by atoms with Crippen molar-refractivity contribution in [3.8, 4) is 0 Å². The highest BCUT2D eigenvalue weighted by molar-refractivity contribution is 7.94. The van der Waals surface area contributed by atoms with Crippen LogP contribution in [0, 0.1) is 6.92 Å². The van der Waals surface area contributed by atoms with E-state index in [2.05, 4.69) is 6.58 Å². The first-order chi connectivity index (χ1) is 5.56. The molecule has 1 aromatic carbocycles. The van der Waals surface area contributed by atoms with Crippen molar-refractivity contribution in [3.05, 3.63) is 41.8 Å². The predicted octanol–water partition coefficient (Wildman–Crippen LogP) is 1.91. The van der Waals surface area contributed by atoms with E-state index in [1.54, 1.807) is 18.2 Å². The van der Waals surface area contributed by atoms with Gasteiger partial charge in [0.15, 0.2) is 9.84 Å². The maximum atomic E-state index is 11.2. The lowest BCUT2D eigenvalue weighted by Gasteiger charge is -1.98. The van der Waals surface area contributed by atoms with Crippen LogP contribution in [0.2, 0.25) is 0 Å². The van der Waals surface area contributed by atoms with E-state index in [9.17, 15) is 8.42 Å². The average Bonchev–Trinajstić information content (AvgIpc) is 2.05. The molecule has 0 unspecified atom stereocenters.